The topological polar surface area (TPSA) is 74.7 Å². The Kier molecular flexibility index (Phi) is 2.97. The van der Waals surface area contributed by atoms with Crippen molar-refractivity contribution in [3.8, 4) is 0 Å². The predicted octanol–water partition coefficient (Wildman–Crippen LogP) is 1.13. The Labute approximate surface area is 105 Å². The number of fused-ring (bicyclic) bond motifs is 1. The van der Waals surface area contributed by atoms with E-state index < -0.39 is 22.6 Å². The summed E-state index contributed by atoms with van der Waals surface area (Å²) in [7, 11) is 0. The van der Waals surface area contributed by atoms with E-state index in [-0.39, 0.29) is 6.54 Å². The third kappa shape index (κ3) is 1.95. The summed E-state index contributed by atoms with van der Waals surface area (Å²) >= 11 is 2.91. The maximum atomic E-state index is 11.9. The monoisotopic (exact) mass is 297 g/mol. The first kappa shape index (κ1) is 11.8. The van der Waals surface area contributed by atoms with E-state index in [2.05, 4.69) is 15.9 Å². The van der Waals surface area contributed by atoms with Gasteiger partial charge in [0.2, 0.25) is 0 Å². The molecule has 0 saturated heterocycles. The summed E-state index contributed by atoms with van der Waals surface area (Å²) in [6, 6.07) is 6.44. The molecule has 5 nitrogen and oxygen atoms in total. The van der Waals surface area contributed by atoms with Crippen LogP contribution in [0, 0.1) is 0 Å². The van der Waals surface area contributed by atoms with Crippen molar-refractivity contribution in [2.75, 3.05) is 6.54 Å². The Morgan fingerprint density at radius 3 is 2.12 bits per heavy atom. The molecule has 2 rings (SSSR count). The highest BCUT2D eigenvalue weighted by Crippen LogP contribution is 2.23. The van der Waals surface area contributed by atoms with Gasteiger partial charge in [-0.15, -0.1) is 0 Å². The SMILES string of the molecule is O=C(O)[C@H](Br)CN1C(=O)c2ccccc2C1=O. The lowest BCUT2D eigenvalue weighted by Gasteiger charge is -2.15. The van der Waals surface area contributed by atoms with E-state index in [0.717, 1.165) is 4.90 Å². The number of carbonyl (C=O) groups is 3. The van der Waals surface area contributed by atoms with Crippen LogP contribution < -0.4 is 0 Å². The molecule has 1 aromatic rings. The quantitative estimate of drug-likeness (QED) is 0.670. The molecule has 0 saturated carbocycles. The number of alkyl halides is 1. The summed E-state index contributed by atoms with van der Waals surface area (Å²) < 4.78 is 0. The zero-order valence-electron chi connectivity index (χ0n) is 8.59. The largest absolute Gasteiger partial charge is 0.480 e. The number of hydrogen-bond acceptors (Lipinski definition) is 3. The first-order valence-electron chi connectivity index (χ1n) is 4.84. The third-order valence-corrected chi connectivity index (χ3v) is 3.17. The van der Waals surface area contributed by atoms with E-state index in [9.17, 15) is 14.4 Å². The number of benzene rings is 1. The molecule has 1 N–H and O–H groups in total. The van der Waals surface area contributed by atoms with Crippen LogP contribution >= 0.6 is 15.9 Å². The van der Waals surface area contributed by atoms with Crippen LogP contribution in [0.4, 0.5) is 0 Å². The van der Waals surface area contributed by atoms with Crippen molar-refractivity contribution >= 4 is 33.7 Å². The van der Waals surface area contributed by atoms with Crippen molar-refractivity contribution in [1.29, 1.82) is 0 Å². The standard InChI is InChI=1S/C11H8BrNO4/c12-8(11(16)17)5-13-9(14)6-3-1-2-4-7(6)10(13)15/h1-4,8H,5H2,(H,16,17)/t8-/m1/s1. The van der Waals surface area contributed by atoms with E-state index in [1.54, 1.807) is 24.3 Å². The van der Waals surface area contributed by atoms with E-state index in [1.807, 2.05) is 0 Å². The molecule has 0 unspecified atom stereocenters. The number of nitrogens with zero attached hydrogens (tertiary/aromatic N) is 1. The summed E-state index contributed by atoms with van der Waals surface area (Å²) in [6.45, 7) is -0.179. The van der Waals surface area contributed by atoms with Gasteiger partial charge in [-0.25, -0.2) is 0 Å². The van der Waals surface area contributed by atoms with Gasteiger partial charge in [-0.2, -0.15) is 0 Å². The number of amides is 2. The minimum atomic E-state index is -1.11. The molecule has 2 amide bonds. The van der Waals surface area contributed by atoms with E-state index in [1.165, 1.54) is 0 Å². The summed E-state index contributed by atoms with van der Waals surface area (Å²) in [6.07, 6.45) is 0. The van der Waals surface area contributed by atoms with Gasteiger partial charge in [0.1, 0.15) is 4.83 Å². The highest BCUT2D eigenvalue weighted by Gasteiger charge is 2.36. The Balaban J connectivity index is 2.27. The molecule has 0 radical (unpaired) electrons. The Morgan fingerprint density at radius 1 is 1.24 bits per heavy atom. The predicted molar refractivity (Wildman–Crippen MR) is 62.2 cm³/mol. The Morgan fingerprint density at radius 2 is 1.71 bits per heavy atom. The van der Waals surface area contributed by atoms with Gasteiger partial charge in [0, 0.05) is 0 Å². The van der Waals surface area contributed by atoms with Crippen molar-refractivity contribution in [3.05, 3.63) is 35.4 Å². The molecule has 0 spiro atoms. The average Bonchev–Trinajstić information content (AvgIpc) is 2.55. The zero-order valence-corrected chi connectivity index (χ0v) is 10.2. The Hall–Kier alpha value is -1.69. The maximum absolute atomic E-state index is 11.9. The molecular weight excluding hydrogens is 290 g/mol. The summed E-state index contributed by atoms with van der Waals surface area (Å²) in [4.78, 5) is 34.4. The molecule has 1 heterocycles. The van der Waals surface area contributed by atoms with Crippen LogP contribution in [0.15, 0.2) is 24.3 Å². The second kappa shape index (κ2) is 4.29. The molecule has 88 valence electrons. The lowest BCUT2D eigenvalue weighted by atomic mass is 10.1. The minimum absolute atomic E-state index is 0.179. The van der Waals surface area contributed by atoms with Crippen molar-refractivity contribution in [3.63, 3.8) is 0 Å². The lowest BCUT2D eigenvalue weighted by Crippen LogP contribution is -2.37. The maximum Gasteiger partial charge on any atom is 0.319 e. The van der Waals surface area contributed by atoms with Crippen molar-refractivity contribution in [2.45, 2.75) is 4.83 Å². The second-order valence-electron chi connectivity index (χ2n) is 3.57. The van der Waals surface area contributed by atoms with Gasteiger partial charge >= 0.3 is 5.97 Å². The molecule has 1 aromatic carbocycles. The van der Waals surface area contributed by atoms with Gasteiger partial charge in [0.15, 0.2) is 0 Å². The molecule has 17 heavy (non-hydrogen) atoms. The van der Waals surface area contributed by atoms with Gasteiger partial charge in [-0.1, -0.05) is 28.1 Å². The minimum Gasteiger partial charge on any atom is -0.480 e. The number of halogens is 1. The van der Waals surface area contributed by atoms with Gasteiger partial charge in [-0.3, -0.25) is 19.3 Å². The number of imide groups is 1. The number of rotatable bonds is 3. The Bertz CT molecular complexity index is 479. The van der Waals surface area contributed by atoms with Gasteiger partial charge in [0.05, 0.1) is 17.7 Å². The molecular formula is C11H8BrNO4. The van der Waals surface area contributed by atoms with Gasteiger partial charge < -0.3 is 5.11 Å². The van der Waals surface area contributed by atoms with E-state index in [4.69, 9.17) is 5.11 Å². The summed E-state index contributed by atoms with van der Waals surface area (Å²) in [5, 5.41) is 8.74. The number of carboxylic acid groups (broad SMARTS) is 1. The first-order chi connectivity index (χ1) is 8.02. The van der Waals surface area contributed by atoms with Crippen molar-refractivity contribution in [2.24, 2.45) is 0 Å². The molecule has 1 aliphatic rings. The number of hydrogen-bond donors (Lipinski definition) is 1. The zero-order chi connectivity index (χ0) is 12.6. The molecule has 0 aliphatic carbocycles. The highest BCUT2D eigenvalue weighted by molar-refractivity contribution is 9.10. The van der Waals surface area contributed by atoms with Gasteiger partial charge in [-0.05, 0) is 12.1 Å². The molecule has 0 bridgehead atoms. The number of carboxylic acids is 1. The first-order valence-corrected chi connectivity index (χ1v) is 5.76. The van der Waals surface area contributed by atoms with Crippen LogP contribution in [-0.2, 0) is 4.79 Å². The van der Waals surface area contributed by atoms with Crippen LogP contribution in [0.1, 0.15) is 20.7 Å². The van der Waals surface area contributed by atoms with E-state index >= 15 is 0 Å². The van der Waals surface area contributed by atoms with Crippen LogP contribution in [0.3, 0.4) is 0 Å². The third-order valence-electron chi connectivity index (χ3n) is 2.49. The number of aliphatic carboxylic acids is 1. The second-order valence-corrected chi connectivity index (χ2v) is 4.68. The lowest BCUT2D eigenvalue weighted by molar-refractivity contribution is -0.136. The van der Waals surface area contributed by atoms with Crippen LogP contribution in [-0.4, -0.2) is 39.2 Å². The van der Waals surface area contributed by atoms with Crippen molar-refractivity contribution in [1.82, 2.24) is 4.90 Å². The number of carbonyl (C=O) groups excluding carboxylic acids is 2. The van der Waals surface area contributed by atoms with Crippen molar-refractivity contribution < 1.29 is 19.5 Å². The van der Waals surface area contributed by atoms with Crippen LogP contribution in [0.5, 0.6) is 0 Å². The molecule has 1 aliphatic heterocycles. The molecule has 0 aromatic heterocycles. The van der Waals surface area contributed by atoms with Crippen LogP contribution in [0.25, 0.3) is 0 Å². The fraction of sp³-hybridized carbons (Fsp3) is 0.182. The highest BCUT2D eigenvalue weighted by atomic mass is 79.9. The van der Waals surface area contributed by atoms with Gasteiger partial charge in [0.25, 0.3) is 11.8 Å². The normalized spacial score (nSPS) is 15.9. The van der Waals surface area contributed by atoms with Crippen LogP contribution in [0.2, 0.25) is 0 Å². The fourth-order valence-corrected chi connectivity index (χ4v) is 1.93. The van der Waals surface area contributed by atoms with E-state index in [0.29, 0.717) is 11.1 Å². The molecule has 6 heteroatoms. The molecule has 1 atom stereocenters. The average molecular weight is 298 g/mol. The summed E-state index contributed by atoms with van der Waals surface area (Å²) in [5.74, 6) is -2.01. The smallest absolute Gasteiger partial charge is 0.319 e. The summed E-state index contributed by atoms with van der Waals surface area (Å²) in [5.41, 5.74) is 0.644. The fourth-order valence-electron chi connectivity index (χ4n) is 1.64. The molecule has 0 fully saturated rings.